The van der Waals surface area contributed by atoms with Gasteiger partial charge in [-0.1, -0.05) is 30.3 Å². The van der Waals surface area contributed by atoms with Gasteiger partial charge >= 0.3 is 0 Å². The van der Waals surface area contributed by atoms with Crippen molar-refractivity contribution < 1.29 is 14.0 Å². The van der Waals surface area contributed by atoms with Crippen molar-refractivity contribution >= 4 is 11.8 Å². The molecule has 2 amide bonds. The summed E-state index contributed by atoms with van der Waals surface area (Å²) in [7, 11) is 0. The van der Waals surface area contributed by atoms with E-state index in [0.717, 1.165) is 5.56 Å². The molecule has 0 aliphatic rings. The second kappa shape index (κ2) is 8.80. The number of amides is 2. The molecule has 0 unspecified atom stereocenters. The van der Waals surface area contributed by atoms with Crippen LogP contribution in [0.15, 0.2) is 71.5 Å². The minimum atomic E-state index is -0.283. The molecule has 0 bridgehead atoms. The number of hydrogen-bond acceptors (Lipinski definition) is 4. The minimum Gasteiger partial charge on any atom is -0.467 e. The molecular weight excluding hydrogens is 342 g/mol. The molecule has 0 fully saturated rings. The van der Waals surface area contributed by atoms with Crippen LogP contribution in [-0.4, -0.2) is 28.2 Å². The lowest BCUT2D eigenvalue weighted by atomic mass is 10.1. The van der Waals surface area contributed by atoms with Crippen molar-refractivity contribution in [1.82, 2.24) is 15.2 Å². The first-order chi connectivity index (χ1) is 13.2. The number of carbonyl (C=O) groups excluding carboxylic acids is 2. The lowest BCUT2D eigenvalue weighted by Gasteiger charge is -2.20. The van der Waals surface area contributed by atoms with Gasteiger partial charge in [0, 0.05) is 24.8 Å². The van der Waals surface area contributed by atoms with E-state index in [1.165, 1.54) is 12.3 Å². The second-order valence-electron chi connectivity index (χ2n) is 6.00. The highest BCUT2D eigenvalue weighted by atomic mass is 16.3. The third-order valence-corrected chi connectivity index (χ3v) is 4.13. The normalized spacial score (nSPS) is 10.4. The van der Waals surface area contributed by atoms with Crippen LogP contribution in [0.3, 0.4) is 0 Å². The fraction of sp³-hybridized carbons (Fsp3) is 0.190. The van der Waals surface area contributed by atoms with E-state index in [4.69, 9.17) is 4.42 Å². The molecule has 0 spiro atoms. The zero-order valence-electron chi connectivity index (χ0n) is 15.1. The lowest BCUT2D eigenvalue weighted by Crippen LogP contribution is -2.31. The van der Waals surface area contributed by atoms with Gasteiger partial charge in [0.2, 0.25) is 0 Å². The zero-order chi connectivity index (χ0) is 19.1. The van der Waals surface area contributed by atoms with Gasteiger partial charge in [0.15, 0.2) is 0 Å². The first-order valence-corrected chi connectivity index (χ1v) is 8.77. The SMILES string of the molecule is CCN(Cc1ccccc1)C(=O)c1cc(C(=O)NCc2ccco2)ccn1. The first-order valence-electron chi connectivity index (χ1n) is 8.77. The molecule has 3 rings (SSSR count). The van der Waals surface area contributed by atoms with Crippen LogP contribution in [0.4, 0.5) is 0 Å². The maximum Gasteiger partial charge on any atom is 0.272 e. The number of benzene rings is 1. The summed E-state index contributed by atoms with van der Waals surface area (Å²) in [5.74, 6) is 0.171. The van der Waals surface area contributed by atoms with Gasteiger partial charge < -0.3 is 14.6 Å². The number of pyridine rings is 1. The van der Waals surface area contributed by atoms with Crippen molar-refractivity contribution in [3.05, 3.63) is 89.6 Å². The molecule has 0 saturated carbocycles. The quantitative estimate of drug-likeness (QED) is 0.699. The van der Waals surface area contributed by atoms with Crippen molar-refractivity contribution in [1.29, 1.82) is 0 Å². The Balaban J connectivity index is 1.69. The van der Waals surface area contributed by atoms with E-state index in [0.29, 0.717) is 24.4 Å². The van der Waals surface area contributed by atoms with Crippen LogP contribution in [0.25, 0.3) is 0 Å². The van der Waals surface area contributed by atoms with Gasteiger partial charge in [-0.3, -0.25) is 14.6 Å². The van der Waals surface area contributed by atoms with E-state index in [1.54, 1.807) is 29.4 Å². The minimum absolute atomic E-state index is 0.206. The molecule has 1 aromatic carbocycles. The Morgan fingerprint density at radius 1 is 1.11 bits per heavy atom. The third kappa shape index (κ3) is 4.82. The Kier molecular flexibility index (Phi) is 5.99. The summed E-state index contributed by atoms with van der Waals surface area (Å²) in [4.78, 5) is 31.0. The molecule has 2 heterocycles. The Labute approximate surface area is 157 Å². The highest BCUT2D eigenvalue weighted by Crippen LogP contribution is 2.10. The number of furan rings is 1. The maximum atomic E-state index is 12.8. The summed E-state index contributed by atoms with van der Waals surface area (Å²) >= 11 is 0. The average molecular weight is 363 g/mol. The molecule has 0 aliphatic carbocycles. The summed E-state index contributed by atoms with van der Waals surface area (Å²) in [5.41, 5.74) is 1.68. The van der Waals surface area contributed by atoms with Crippen LogP contribution in [-0.2, 0) is 13.1 Å². The Morgan fingerprint density at radius 3 is 2.63 bits per heavy atom. The predicted octanol–water partition coefficient (Wildman–Crippen LogP) is 3.27. The molecule has 6 heteroatoms. The fourth-order valence-electron chi connectivity index (χ4n) is 2.66. The fourth-order valence-corrected chi connectivity index (χ4v) is 2.66. The van der Waals surface area contributed by atoms with Crippen molar-refractivity contribution in [3.63, 3.8) is 0 Å². The van der Waals surface area contributed by atoms with Gasteiger partial charge in [0.05, 0.1) is 12.8 Å². The van der Waals surface area contributed by atoms with Crippen LogP contribution in [0.2, 0.25) is 0 Å². The second-order valence-corrected chi connectivity index (χ2v) is 6.00. The maximum absolute atomic E-state index is 12.8. The van der Waals surface area contributed by atoms with Crippen LogP contribution >= 0.6 is 0 Å². The van der Waals surface area contributed by atoms with Crippen LogP contribution in [0, 0.1) is 0 Å². The van der Waals surface area contributed by atoms with E-state index in [-0.39, 0.29) is 24.1 Å². The van der Waals surface area contributed by atoms with Crippen LogP contribution in [0.5, 0.6) is 0 Å². The van der Waals surface area contributed by atoms with E-state index in [2.05, 4.69) is 10.3 Å². The first kappa shape index (κ1) is 18.4. The molecule has 0 aliphatic heterocycles. The van der Waals surface area contributed by atoms with Gasteiger partial charge in [-0.15, -0.1) is 0 Å². The molecular formula is C21H21N3O3. The molecule has 3 aromatic rings. The summed E-state index contributed by atoms with van der Waals surface area (Å²) in [6.45, 7) is 3.24. The summed E-state index contributed by atoms with van der Waals surface area (Å²) in [5, 5.41) is 2.77. The molecule has 0 radical (unpaired) electrons. The largest absolute Gasteiger partial charge is 0.467 e. The standard InChI is InChI=1S/C21H21N3O3/c1-2-24(15-16-7-4-3-5-8-16)21(26)19-13-17(10-11-22-19)20(25)23-14-18-9-6-12-27-18/h3-13H,2,14-15H2,1H3,(H,23,25). The number of hydrogen-bond donors (Lipinski definition) is 1. The van der Waals surface area contributed by atoms with Gasteiger partial charge in [0.1, 0.15) is 11.5 Å². The van der Waals surface area contributed by atoms with E-state index in [9.17, 15) is 9.59 Å². The lowest BCUT2D eigenvalue weighted by molar-refractivity contribution is 0.0746. The van der Waals surface area contributed by atoms with Gasteiger partial charge in [-0.05, 0) is 36.8 Å². The van der Waals surface area contributed by atoms with E-state index >= 15 is 0 Å². The predicted molar refractivity (Wildman–Crippen MR) is 101 cm³/mol. The molecule has 138 valence electrons. The number of carbonyl (C=O) groups is 2. The Bertz CT molecular complexity index is 892. The molecule has 0 atom stereocenters. The highest BCUT2D eigenvalue weighted by molar-refractivity contribution is 5.98. The van der Waals surface area contributed by atoms with Crippen molar-refractivity contribution in [2.24, 2.45) is 0 Å². The van der Waals surface area contributed by atoms with Crippen molar-refractivity contribution in [2.45, 2.75) is 20.0 Å². The highest BCUT2D eigenvalue weighted by Gasteiger charge is 2.18. The van der Waals surface area contributed by atoms with Gasteiger partial charge in [0.25, 0.3) is 11.8 Å². The Morgan fingerprint density at radius 2 is 1.93 bits per heavy atom. The smallest absolute Gasteiger partial charge is 0.272 e. The number of nitrogens with one attached hydrogen (secondary N) is 1. The number of aromatic nitrogens is 1. The molecule has 1 N–H and O–H groups in total. The monoisotopic (exact) mass is 363 g/mol. The van der Waals surface area contributed by atoms with Crippen LogP contribution in [0.1, 0.15) is 39.1 Å². The van der Waals surface area contributed by atoms with Crippen molar-refractivity contribution in [3.8, 4) is 0 Å². The molecule has 2 aromatic heterocycles. The third-order valence-electron chi connectivity index (χ3n) is 4.13. The Hall–Kier alpha value is -3.41. The molecule has 27 heavy (non-hydrogen) atoms. The van der Waals surface area contributed by atoms with E-state index < -0.39 is 0 Å². The van der Waals surface area contributed by atoms with Gasteiger partial charge in [-0.25, -0.2) is 0 Å². The van der Waals surface area contributed by atoms with Gasteiger partial charge in [-0.2, -0.15) is 0 Å². The average Bonchev–Trinajstić information content (AvgIpc) is 3.24. The molecule has 0 saturated heterocycles. The topological polar surface area (TPSA) is 75.4 Å². The summed E-state index contributed by atoms with van der Waals surface area (Å²) in [6.07, 6.45) is 3.03. The summed E-state index contributed by atoms with van der Waals surface area (Å²) in [6, 6.07) is 16.4. The number of rotatable bonds is 7. The van der Waals surface area contributed by atoms with Crippen molar-refractivity contribution in [2.75, 3.05) is 6.54 Å². The van der Waals surface area contributed by atoms with E-state index in [1.807, 2.05) is 37.3 Å². The molecule has 6 nitrogen and oxygen atoms in total. The number of nitrogens with zero attached hydrogens (tertiary/aromatic N) is 2. The van der Waals surface area contributed by atoms with Crippen LogP contribution < -0.4 is 5.32 Å². The summed E-state index contributed by atoms with van der Waals surface area (Å²) < 4.78 is 5.20. The zero-order valence-corrected chi connectivity index (χ0v) is 15.1.